The average Bonchev–Trinajstić information content (AvgIpc) is 3.28. The highest BCUT2D eigenvalue weighted by Gasteiger charge is 2.26. The molecule has 0 aliphatic carbocycles. The molecule has 0 saturated carbocycles. The number of nitrogens with one attached hydrogen (secondary N) is 1. The van der Waals surface area contributed by atoms with Crippen LogP contribution in [0.3, 0.4) is 0 Å². The quantitative estimate of drug-likeness (QED) is 0.602. The molecule has 0 radical (unpaired) electrons. The lowest BCUT2D eigenvalue weighted by Crippen LogP contribution is -2.43. The van der Waals surface area contributed by atoms with E-state index in [0.29, 0.717) is 31.3 Å². The molecule has 4 rings (SSSR count). The molecule has 0 bridgehead atoms. The minimum atomic E-state index is -0.00602. The summed E-state index contributed by atoms with van der Waals surface area (Å²) in [4.78, 5) is 19.4. The molecule has 1 aliphatic rings. The summed E-state index contributed by atoms with van der Waals surface area (Å²) in [5.41, 5.74) is 2.11. The first-order chi connectivity index (χ1) is 15.2. The Morgan fingerprint density at radius 1 is 1.19 bits per heavy atom. The van der Waals surface area contributed by atoms with Gasteiger partial charge in [0.05, 0.1) is 19.6 Å². The molecule has 1 atom stereocenters. The standard InChI is InChI=1S/C24H28N4O3/c1-30-21-11-9-19(10-12-21)23-26-22(31-27-23)17-28-15-5-8-20(16-28)24(29)25-14-13-18-6-3-2-4-7-18/h2-4,6-7,9-12,20H,5,8,13-17H2,1H3,(H,25,29). The number of piperidine rings is 1. The molecule has 1 aliphatic heterocycles. The number of amides is 1. The molecule has 31 heavy (non-hydrogen) atoms. The van der Waals surface area contributed by atoms with E-state index in [1.54, 1.807) is 7.11 Å². The fourth-order valence-corrected chi connectivity index (χ4v) is 3.90. The van der Waals surface area contributed by atoms with Crippen molar-refractivity contribution in [2.45, 2.75) is 25.8 Å². The second-order valence-corrected chi connectivity index (χ2v) is 7.84. The van der Waals surface area contributed by atoms with Gasteiger partial charge in [-0.25, -0.2) is 0 Å². The van der Waals surface area contributed by atoms with E-state index >= 15 is 0 Å². The zero-order chi connectivity index (χ0) is 21.5. The van der Waals surface area contributed by atoms with E-state index in [2.05, 4.69) is 32.5 Å². The Morgan fingerprint density at radius 2 is 2.00 bits per heavy atom. The van der Waals surface area contributed by atoms with E-state index in [0.717, 1.165) is 37.1 Å². The van der Waals surface area contributed by atoms with Crippen LogP contribution in [0.2, 0.25) is 0 Å². The first-order valence-electron chi connectivity index (χ1n) is 10.7. The van der Waals surface area contributed by atoms with E-state index in [4.69, 9.17) is 9.26 Å². The number of carbonyl (C=O) groups is 1. The molecule has 1 unspecified atom stereocenters. The summed E-state index contributed by atoms with van der Waals surface area (Å²) in [6, 6.07) is 17.8. The number of hydrogen-bond donors (Lipinski definition) is 1. The highest BCUT2D eigenvalue weighted by atomic mass is 16.5. The Morgan fingerprint density at radius 3 is 2.77 bits per heavy atom. The molecule has 162 valence electrons. The number of methoxy groups -OCH3 is 1. The summed E-state index contributed by atoms with van der Waals surface area (Å²) in [6.45, 7) is 2.84. The van der Waals surface area contributed by atoms with Gasteiger partial charge in [-0.2, -0.15) is 4.98 Å². The Kier molecular flexibility index (Phi) is 6.94. The average molecular weight is 421 g/mol. The number of aromatic nitrogens is 2. The van der Waals surface area contributed by atoms with Crippen LogP contribution < -0.4 is 10.1 Å². The molecule has 7 nitrogen and oxygen atoms in total. The fraction of sp³-hybridized carbons (Fsp3) is 0.375. The normalized spacial score (nSPS) is 16.7. The summed E-state index contributed by atoms with van der Waals surface area (Å²) >= 11 is 0. The van der Waals surface area contributed by atoms with E-state index in [9.17, 15) is 4.79 Å². The molecular formula is C24H28N4O3. The summed E-state index contributed by atoms with van der Waals surface area (Å²) in [6.07, 6.45) is 2.74. The van der Waals surface area contributed by atoms with Crippen LogP contribution in [-0.2, 0) is 17.8 Å². The van der Waals surface area contributed by atoms with Gasteiger partial charge >= 0.3 is 0 Å². The third-order valence-corrected chi connectivity index (χ3v) is 5.61. The van der Waals surface area contributed by atoms with Gasteiger partial charge in [-0.15, -0.1) is 0 Å². The van der Waals surface area contributed by atoms with Crippen LogP contribution in [0.4, 0.5) is 0 Å². The van der Waals surface area contributed by atoms with Crippen LogP contribution in [0.5, 0.6) is 5.75 Å². The van der Waals surface area contributed by atoms with Gasteiger partial charge in [0.2, 0.25) is 17.6 Å². The van der Waals surface area contributed by atoms with Crippen LogP contribution in [0, 0.1) is 5.92 Å². The molecule has 1 N–H and O–H groups in total. The Balaban J connectivity index is 1.27. The molecule has 1 amide bonds. The van der Waals surface area contributed by atoms with Gasteiger partial charge in [0.1, 0.15) is 5.75 Å². The topological polar surface area (TPSA) is 80.5 Å². The number of nitrogens with zero attached hydrogens (tertiary/aromatic N) is 3. The molecule has 1 fully saturated rings. The lowest BCUT2D eigenvalue weighted by molar-refractivity contribution is -0.126. The largest absolute Gasteiger partial charge is 0.497 e. The van der Waals surface area contributed by atoms with E-state index in [1.165, 1.54) is 5.56 Å². The Labute approximate surface area is 182 Å². The van der Waals surface area contributed by atoms with E-state index in [-0.39, 0.29) is 11.8 Å². The van der Waals surface area contributed by atoms with Gasteiger partial charge in [-0.3, -0.25) is 9.69 Å². The molecule has 0 spiro atoms. The van der Waals surface area contributed by atoms with Crippen molar-refractivity contribution in [3.63, 3.8) is 0 Å². The van der Waals surface area contributed by atoms with E-state index < -0.39 is 0 Å². The first kappa shape index (κ1) is 21.1. The number of rotatable bonds is 8. The summed E-state index contributed by atoms with van der Waals surface area (Å²) in [5, 5.41) is 7.19. The number of ether oxygens (including phenoxy) is 1. The van der Waals surface area contributed by atoms with Crippen molar-refractivity contribution in [3.8, 4) is 17.1 Å². The molecule has 2 heterocycles. The van der Waals surface area contributed by atoms with E-state index in [1.807, 2.05) is 42.5 Å². The SMILES string of the molecule is COc1ccc(-c2noc(CN3CCCC(C(=O)NCCc4ccccc4)C3)n2)cc1. The van der Waals surface area contributed by atoms with Crippen molar-refractivity contribution in [1.29, 1.82) is 0 Å². The van der Waals surface area contributed by atoms with Gasteiger partial charge in [0.15, 0.2) is 0 Å². The second kappa shape index (κ2) is 10.2. The van der Waals surface area contributed by atoms with Gasteiger partial charge in [-0.1, -0.05) is 35.5 Å². The maximum absolute atomic E-state index is 12.6. The predicted molar refractivity (Wildman–Crippen MR) is 117 cm³/mol. The van der Waals surface area contributed by atoms with Gasteiger partial charge < -0.3 is 14.6 Å². The molecule has 7 heteroatoms. The monoisotopic (exact) mass is 420 g/mol. The minimum Gasteiger partial charge on any atom is -0.497 e. The van der Waals surface area contributed by atoms with Crippen LogP contribution in [-0.4, -0.2) is 47.7 Å². The van der Waals surface area contributed by atoms with Crippen molar-refractivity contribution in [2.24, 2.45) is 5.92 Å². The maximum atomic E-state index is 12.6. The Hall–Kier alpha value is -3.19. The molecular weight excluding hydrogens is 392 g/mol. The minimum absolute atomic E-state index is 0.00602. The zero-order valence-corrected chi connectivity index (χ0v) is 17.8. The third kappa shape index (κ3) is 5.70. The van der Waals surface area contributed by atoms with Crippen LogP contribution in [0.15, 0.2) is 59.1 Å². The summed E-state index contributed by atoms with van der Waals surface area (Å²) in [7, 11) is 1.64. The lowest BCUT2D eigenvalue weighted by Gasteiger charge is -2.30. The van der Waals surface area contributed by atoms with Gasteiger partial charge in [-0.05, 0) is 55.6 Å². The second-order valence-electron chi connectivity index (χ2n) is 7.84. The third-order valence-electron chi connectivity index (χ3n) is 5.61. The number of benzene rings is 2. The first-order valence-corrected chi connectivity index (χ1v) is 10.7. The summed E-state index contributed by atoms with van der Waals surface area (Å²) < 4.78 is 10.6. The van der Waals surface area contributed by atoms with Gasteiger partial charge in [0, 0.05) is 18.7 Å². The zero-order valence-electron chi connectivity index (χ0n) is 17.8. The van der Waals surface area contributed by atoms with Crippen LogP contribution >= 0.6 is 0 Å². The molecule has 1 aromatic heterocycles. The smallest absolute Gasteiger partial charge is 0.241 e. The number of carbonyl (C=O) groups excluding carboxylic acids is 1. The highest BCUT2D eigenvalue weighted by Crippen LogP contribution is 2.22. The van der Waals surface area contributed by atoms with Crippen molar-refractivity contribution in [1.82, 2.24) is 20.4 Å². The van der Waals surface area contributed by atoms with Crippen molar-refractivity contribution < 1.29 is 14.1 Å². The molecule has 2 aromatic carbocycles. The van der Waals surface area contributed by atoms with Crippen molar-refractivity contribution in [3.05, 3.63) is 66.1 Å². The fourth-order valence-electron chi connectivity index (χ4n) is 3.90. The number of hydrogen-bond acceptors (Lipinski definition) is 6. The predicted octanol–water partition coefficient (Wildman–Crippen LogP) is 3.32. The molecule has 3 aromatic rings. The lowest BCUT2D eigenvalue weighted by atomic mass is 9.97. The van der Waals surface area contributed by atoms with Gasteiger partial charge in [0.25, 0.3) is 0 Å². The van der Waals surface area contributed by atoms with Crippen molar-refractivity contribution >= 4 is 5.91 Å². The summed E-state index contributed by atoms with van der Waals surface area (Å²) in [5.74, 6) is 2.04. The van der Waals surface area contributed by atoms with Crippen molar-refractivity contribution in [2.75, 3.05) is 26.7 Å². The number of likely N-dealkylation sites (tertiary alicyclic amines) is 1. The van der Waals surface area contributed by atoms with Crippen LogP contribution in [0.1, 0.15) is 24.3 Å². The highest BCUT2D eigenvalue weighted by molar-refractivity contribution is 5.79. The maximum Gasteiger partial charge on any atom is 0.241 e. The Bertz CT molecular complexity index is 972. The van der Waals surface area contributed by atoms with Crippen LogP contribution in [0.25, 0.3) is 11.4 Å². The molecule has 1 saturated heterocycles.